The molecule has 0 aliphatic carbocycles. The van der Waals surface area contributed by atoms with E-state index < -0.39 is 0 Å². The molecule has 0 unspecified atom stereocenters. The number of aromatic nitrogens is 2. The van der Waals surface area contributed by atoms with Gasteiger partial charge in [-0.05, 0) is 30.2 Å². The maximum absolute atomic E-state index is 12.3. The second-order valence-corrected chi connectivity index (χ2v) is 5.25. The van der Waals surface area contributed by atoms with Crippen LogP contribution in [0.4, 0.5) is 5.69 Å². The Morgan fingerprint density at radius 1 is 1.33 bits per heavy atom. The molecule has 0 aliphatic heterocycles. The Morgan fingerprint density at radius 3 is 2.76 bits per heavy atom. The van der Waals surface area contributed by atoms with Crippen molar-refractivity contribution in [1.82, 2.24) is 15.5 Å². The molecular formula is C16H22N4O. The zero-order valence-corrected chi connectivity index (χ0v) is 12.7. The minimum Gasteiger partial charge on any atom is -0.320 e. The molecule has 0 atom stereocenters. The van der Waals surface area contributed by atoms with Crippen LogP contribution in [0, 0.1) is 0 Å². The summed E-state index contributed by atoms with van der Waals surface area (Å²) in [4.78, 5) is 12.3. The molecule has 0 saturated carbocycles. The van der Waals surface area contributed by atoms with Gasteiger partial charge in [0.25, 0.3) is 5.91 Å². The third-order valence-corrected chi connectivity index (χ3v) is 3.28. The molecule has 1 aromatic heterocycles. The van der Waals surface area contributed by atoms with E-state index in [9.17, 15) is 4.79 Å². The highest BCUT2D eigenvalue weighted by atomic mass is 16.1. The number of anilines is 1. The second-order valence-electron chi connectivity index (χ2n) is 5.25. The molecule has 0 saturated heterocycles. The van der Waals surface area contributed by atoms with Crippen molar-refractivity contribution in [3.63, 3.8) is 0 Å². The summed E-state index contributed by atoms with van der Waals surface area (Å²) in [6.45, 7) is 7.78. The lowest BCUT2D eigenvalue weighted by Gasteiger charge is -2.10. The molecule has 0 fully saturated rings. The molecule has 3 N–H and O–H groups in total. The van der Waals surface area contributed by atoms with Crippen LogP contribution in [0.1, 0.15) is 48.4 Å². The van der Waals surface area contributed by atoms with Gasteiger partial charge in [-0.2, -0.15) is 5.10 Å². The van der Waals surface area contributed by atoms with Crippen molar-refractivity contribution < 1.29 is 4.79 Å². The summed E-state index contributed by atoms with van der Waals surface area (Å²) in [6.07, 6.45) is 0. The minimum absolute atomic E-state index is 0.193. The molecule has 2 aromatic rings. The number of aromatic amines is 1. The summed E-state index contributed by atoms with van der Waals surface area (Å²) in [6, 6.07) is 9.58. The lowest BCUT2D eigenvalue weighted by atomic mass is 10.1. The molecule has 2 rings (SSSR count). The number of nitrogens with zero attached hydrogens (tertiary/aromatic N) is 1. The van der Waals surface area contributed by atoms with E-state index in [2.05, 4.69) is 41.6 Å². The molecule has 0 radical (unpaired) electrons. The second kappa shape index (κ2) is 7.04. The Balaban J connectivity index is 2.11. The first-order valence-electron chi connectivity index (χ1n) is 7.27. The third-order valence-electron chi connectivity index (χ3n) is 3.28. The van der Waals surface area contributed by atoms with Crippen LogP contribution in [0.3, 0.4) is 0 Å². The number of benzene rings is 1. The average molecular weight is 286 g/mol. The molecule has 5 heteroatoms. The quantitative estimate of drug-likeness (QED) is 0.764. The Morgan fingerprint density at radius 2 is 2.10 bits per heavy atom. The van der Waals surface area contributed by atoms with Crippen LogP contribution in [0.15, 0.2) is 30.3 Å². The smallest absolute Gasteiger partial charge is 0.276 e. The average Bonchev–Trinajstić information content (AvgIpc) is 2.96. The lowest BCUT2D eigenvalue weighted by Crippen LogP contribution is -2.17. The fourth-order valence-corrected chi connectivity index (χ4v) is 1.99. The van der Waals surface area contributed by atoms with E-state index in [4.69, 9.17) is 0 Å². The van der Waals surface area contributed by atoms with E-state index in [0.29, 0.717) is 11.6 Å². The van der Waals surface area contributed by atoms with Gasteiger partial charge in [0.1, 0.15) is 0 Å². The van der Waals surface area contributed by atoms with Crippen molar-refractivity contribution in [2.45, 2.75) is 33.2 Å². The topological polar surface area (TPSA) is 69.8 Å². The van der Waals surface area contributed by atoms with E-state index in [-0.39, 0.29) is 5.91 Å². The fraction of sp³-hybridized carbons (Fsp3) is 0.375. The predicted molar refractivity (Wildman–Crippen MR) is 84.5 cm³/mol. The number of para-hydroxylation sites is 1. The lowest BCUT2D eigenvalue weighted by molar-refractivity contribution is 0.102. The van der Waals surface area contributed by atoms with Crippen molar-refractivity contribution >= 4 is 11.6 Å². The van der Waals surface area contributed by atoms with Gasteiger partial charge in [-0.1, -0.05) is 39.0 Å². The van der Waals surface area contributed by atoms with Crippen LogP contribution in [-0.4, -0.2) is 22.6 Å². The molecule has 0 bridgehead atoms. The Labute approximate surface area is 125 Å². The number of hydrogen-bond acceptors (Lipinski definition) is 3. The molecule has 112 valence electrons. The highest BCUT2D eigenvalue weighted by molar-refractivity contribution is 6.03. The first kappa shape index (κ1) is 15.3. The normalized spacial score (nSPS) is 10.9. The highest BCUT2D eigenvalue weighted by Gasteiger charge is 2.13. The zero-order valence-electron chi connectivity index (χ0n) is 12.7. The first-order valence-corrected chi connectivity index (χ1v) is 7.27. The van der Waals surface area contributed by atoms with Crippen LogP contribution in [0.25, 0.3) is 0 Å². The summed E-state index contributed by atoms with van der Waals surface area (Å²) in [7, 11) is 0. The van der Waals surface area contributed by atoms with E-state index in [0.717, 1.165) is 30.0 Å². The van der Waals surface area contributed by atoms with Crippen molar-refractivity contribution in [3.8, 4) is 0 Å². The van der Waals surface area contributed by atoms with Gasteiger partial charge in [-0.25, -0.2) is 0 Å². The fourth-order valence-electron chi connectivity index (χ4n) is 1.99. The number of nitrogens with one attached hydrogen (secondary N) is 3. The van der Waals surface area contributed by atoms with Gasteiger partial charge in [0, 0.05) is 17.9 Å². The van der Waals surface area contributed by atoms with Gasteiger partial charge in [0.2, 0.25) is 0 Å². The standard InChI is InChI=1S/C16H22N4O/c1-4-17-10-12-7-5-6-8-13(12)18-16(21)15-9-14(11(2)3)19-20-15/h5-9,11,17H,4,10H2,1-3H3,(H,18,21)(H,19,20). The van der Waals surface area contributed by atoms with Crippen LogP contribution >= 0.6 is 0 Å². The first-order chi connectivity index (χ1) is 10.1. The Bertz CT molecular complexity index is 604. The van der Waals surface area contributed by atoms with Gasteiger partial charge in [0.15, 0.2) is 5.69 Å². The molecule has 1 amide bonds. The van der Waals surface area contributed by atoms with Gasteiger partial charge in [0.05, 0.1) is 0 Å². The number of rotatable bonds is 6. The van der Waals surface area contributed by atoms with Gasteiger partial charge >= 0.3 is 0 Å². The number of carbonyl (C=O) groups is 1. The van der Waals surface area contributed by atoms with Crippen molar-refractivity contribution in [1.29, 1.82) is 0 Å². The summed E-state index contributed by atoms with van der Waals surface area (Å²) < 4.78 is 0. The SMILES string of the molecule is CCNCc1ccccc1NC(=O)c1cc(C(C)C)[nH]n1. The van der Waals surface area contributed by atoms with E-state index in [1.807, 2.05) is 24.3 Å². The Kier molecular flexibility index (Phi) is 5.11. The van der Waals surface area contributed by atoms with Crippen LogP contribution in [-0.2, 0) is 6.54 Å². The van der Waals surface area contributed by atoms with Gasteiger partial charge in [-0.3, -0.25) is 9.89 Å². The highest BCUT2D eigenvalue weighted by Crippen LogP contribution is 2.17. The van der Waals surface area contributed by atoms with Crippen molar-refractivity contribution in [3.05, 3.63) is 47.3 Å². The van der Waals surface area contributed by atoms with Crippen LogP contribution in [0.5, 0.6) is 0 Å². The van der Waals surface area contributed by atoms with Crippen LogP contribution in [0.2, 0.25) is 0 Å². The maximum Gasteiger partial charge on any atom is 0.276 e. The third kappa shape index (κ3) is 3.92. The number of amides is 1. The van der Waals surface area contributed by atoms with E-state index >= 15 is 0 Å². The molecule has 0 aliphatic rings. The monoisotopic (exact) mass is 286 g/mol. The zero-order chi connectivity index (χ0) is 15.2. The van der Waals surface area contributed by atoms with E-state index in [1.165, 1.54) is 0 Å². The van der Waals surface area contributed by atoms with Crippen molar-refractivity contribution in [2.75, 3.05) is 11.9 Å². The number of hydrogen-bond donors (Lipinski definition) is 3. The molecule has 0 spiro atoms. The summed E-state index contributed by atoms with van der Waals surface area (Å²) in [5.74, 6) is 0.127. The molecular weight excluding hydrogens is 264 g/mol. The van der Waals surface area contributed by atoms with Gasteiger partial charge < -0.3 is 10.6 Å². The largest absolute Gasteiger partial charge is 0.320 e. The Hall–Kier alpha value is -2.14. The minimum atomic E-state index is -0.193. The maximum atomic E-state index is 12.3. The number of carbonyl (C=O) groups excluding carboxylic acids is 1. The summed E-state index contributed by atoms with van der Waals surface area (Å²) >= 11 is 0. The number of H-pyrrole nitrogens is 1. The van der Waals surface area contributed by atoms with Crippen molar-refractivity contribution in [2.24, 2.45) is 0 Å². The molecule has 1 aromatic carbocycles. The summed E-state index contributed by atoms with van der Waals surface area (Å²) in [5, 5.41) is 13.2. The molecule has 21 heavy (non-hydrogen) atoms. The molecule has 5 nitrogen and oxygen atoms in total. The summed E-state index contributed by atoms with van der Waals surface area (Å²) in [5.41, 5.74) is 3.25. The van der Waals surface area contributed by atoms with E-state index in [1.54, 1.807) is 6.07 Å². The van der Waals surface area contributed by atoms with Gasteiger partial charge in [-0.15, -0.1) is 0 Å². The van der Waals surface area contributed by atoms with Crippen LogP contribution < -0.4 is 10.6 Å². The predicted octanol–water partition coefficient (Wildman–Crippen LogP) is 2.89. The molecule has 1 heterocycles.